The smallest absolute Gasteiger partial charge is 0.244 e. The molecule has 4 rings (SSSR count). The number of nitrogens with two attached hydrogens (primary N) is 1. The van der Waals surface area contributed by atoms with Crippen molar-refractivity contribution in [1.29, 1.82) is 5.26 Å². The Hall–Kier alpha value is -3.99. The van der Waals surface area contributed by atoms with Gasteiger partial charge in [-0.2, -0.15) is 5.26 Å². The van der Waals surface area contributed by atoms with E-state index in [4.69, 9.17) is 19.9 Å². The molecule has 0 amide bonds. The molecular formula is C22H19FN4O3. The Morgan fingerprint density at radius 1 is 1.27 bits per heavy atom. The number of allylic oxidation sites excluding steroid dienone is 1. The highest BCUT2D eigenvalue weighted by molar-refractivity contribution is 5.56. The van der Waals surface area contributed by atoms with Crippen molar-refractivity contribution in [3.63, 3.8) is 0 Å². The zero-order valence-electron chi connectivity index (χ0n) is 16.4. The lowest BCUT2D eigenvalue weighted by atomic mass is 9.83. The third-order valence-corrected chi connectivity index (χ3v) is 4.98. The minimum absolute atomic E-state index is 0.0291. The molecule has 1 unspecified atom stereocenters. The van der Waals surface area contributed by atoms with Gasteiger partial charge in [-0.05, 0) is 48.9 Å². The van der Waals surface area contributed by atoms with Gasteiger partial charge in [0.1, 0.15) is 35.6 Å². The number of fused-ring (bicyclic) bond motifs is 1. The highest BCUT2D eigenvalue weighted by Gasteiger charge is 2.34. The number of hydrogen-bond acceptors (Lipinski definition) is 6. The number of nitrogens with one attached hydrogen (secondary N) is 1. The van der Waals surface area contributed by atoms with E-state index in [1.807, 2.05) is 25.1 Å². The van der Waals surface area contributed by atoms with Crippen LogP contribution in [-0.4, -0.2) is 17.3 Å². The average molecular weight is 406 g/mol. The Morgan fingerprint density at radius 3 is 2.73 bits per heavy atom. The maximum absolute atomic E-state index is 13.1. The number of ether oxygens (including phenoxy) is 3. The normalized spacial score (nSPS) is 15.2. The highest BCUT2D eigenvalue weighted by Crippen LogP contribution is 2.43. The summed E-state index contributed by atoms with van der Waals surface area (Å²) < 4.78 is 29.9. The number of H-pyrrole nitrogens is 1. The highest BCUT2D eigenvalue weighted by atomic mass is 19.1. The lowest BCUT2D eigenvalue weighted by molar-refractivity contribution is 0.296. The Kier molecular flexibility index (Phi) is 5.02. The number of methoxy groups -OCH3 is 1. The quantitative estimate of drug-likeness (QED) is 0.670. The first kappa shape index (κ1) is 19.3. The molecule has 152 valence electrons. The Bertz CT molecular complexity index is 1160. The van der Waals surface area contributed by atoms with Crippen molar-refractivity contribution >= 4 is 0 Å². The molecule has 0 fully saturated rings. The average Bonchev–Trinajstić information content (AvgIpc) is 3.12. The molecule has 1 atom stereocenters. The minimum atomic E-state index is -0.437. The molecule has 2 heterocycles. The van der Waals surface area contributed by atoms with Crippen LogP contribution in [0.4, 0.5) is 4.39 Å². The van der Waals surface area contributed by atoms with Crippen LogP contribution in [0, 0.1) is 24.1 Å². The SMILES string of the molecule is COc1ccc(C2C(C#N)=C(N)Oc3n[nH]c(C)c32)cc1COc1ccc(F)cc1. The first-order valence-electron chi connectivity index (χ1n) is 9.19. The van der Waals surface area contributed by atoms with Gasteiger partial charge in [-0.3, -0.25) is 5.10 Å². The van der Waals surface area contributed by atoms with Crippen molar-refractivity contribution in [2.24, 2.45) is 5.73 Å². The van der Waals surface area contributed by atoms with Crippen LogP contribution in [0.1, 0.15) is 28.3 Å². The monoisotopic (exact) mass is 406 g/mol. The van der Waals surface area contributed by atoms with Crippen LogP contribution in [0.15, 0.2) is 53.9 Å². The van der Waals surface area contributed by atoms with E-state index >= 15 is 0 Å². The summed E-state index contributed by atoms with van der Waals surface area (Å²) in [5.74, 6) is 0.779. The maximum atomic E-state index is 13.1. The number of aromatic amines is 1. The Labute approximate surface area is 172 Å². The molecule has 1 aliphatic rings. The van der Waals surface area contributed by atoms with E-state index in [1.165, 1.54) is 12.1 Å². The van der Waals surface area contributed by atoms with Gasteiger partial charge < -0.3 is 19.9 Å². The predicted molar refractivity (Wildman–Crippen MR) is 106 cm³/mol. The van der Waals surface area contributed by atoms with Gasteiger partial charge in [-0.15, -0.1) is 5.10 Å². The summed E-state index contributed by atoms with van der Waals surface area (Å²) in [6, 6.07) is 13.5. The number of hydrogen-bond donors (Lipinski definition) is 2. The molecule has 1 aromatic heterocycles. The fourth-order valence-electron chi connectivity index (χ4n) is 3.51. The lowest BCUT2D eigenvalue weighted by Crippen LogP contribution is -2.21. The summed E-state index contributed by atoms with van der Waals surface area (Å²) in [4.78, 5) is 0. The molecule has 0 bridgehead atoms. The third-order valence-electron chi connectivity index (χ3n) is 4.98. The van der Waals surface area contributed by atoms with Crippen LogP contribution in [0.3, 0.4) is 0 Å². The van der Waals surface area contributed by atoms with Gasteiger partial charge in [0.15, 0.2) is 0 Å². The van der Waals surface area contributed by atoms with Gasteiger partial charge in [-0.1, -0.05) is 6.07 Å². The first-order chi connectivity index (χ1) is 14.5. The van der Waals surface area contributed by atoms with E-state index in [2.05, 4.69) is 16.3 Å². The molecule has 2 aromatic carbocycles. The molecule has 0 aliphatic carbocycles. The summed E-state index contributed by atoms with van der Waals surface area (Å²) in [7, 11) is 1.57. The number of halogens is 1. The van der Waals surface area contributed by atoms with Gasteiger partial charge in [-0.25, -0.2) is 4.39 Å². The van der Waals surface area contributed by atoms with Crippen LogP contribution >= 0.6 is 0 Å². The van der Waals surface area contributed by atoms with Crippen molar-refractivity contribution < 1.29 is 18.6 Å². The van der Waals surface area contributed by atoms with Gasteiger partial charge in [0.25, 0.3) is 0 Å². The van der Waals surface area contributed by atoms with E-state index in [0.717, 1.165) is 22.4 Å². The summed E-state index contributed by atoms with van der Waals surface area (Å²) >= 11 is 0. The Morgan fingerprint density at radius 2 is 2.03 bits per heavy atom. The fourth-order valence-corrected chi connectivity index (χ4v) is 3.51. The zero-order valence-corrected chi connectivity index (χ0v) is 16.4. The maximum Gasteiger partial charge on any atom is 0.244 e. The molecule has 0 saturated carbocycles. The summed E-state index contributed by atoms with van der Waals surface area (Å²) in [5.41, 5.74) is 9.43. The molecule has 30 heavy (non-hydrogen) atoms. The van der Waals surface area contributed by atoms with Crippen molar-refractivity contribution in [2.45, 2.75) is 19.4 Å². The number of aromatic nitrogens is 2. The molecule has 0 saturated heterocycles. The number of nitriles is 1. The minimum Gasteiger partial charge on any atom is -0.496 e. The standard InChI is InChI=1S/C22H19FN4O3/c1-12-19-20(17(10-24)21(25)30-22(19)27-26-12)13-3-8-18(28-2)14(9-13)11-29-16-6-4-15(23)5-7-16/h3-9,20H,11,25H2,1-2H3,(H,26,27). The molecule has 0 spiro atoms. The molecule has 0 radical (unpaired) electrons. The second-order valence-corrected chi connectivity index (χ2v) is 6.81. The fraction of sp³-hybridized carbons (Fsp3) is 0.182. The molecule has 7 nitrogen and oxygen atoms in total. The van der Waals surface area contributed by atoms with E-state index in [1.54, 1.807) is 19.2 Å². The van der Waals surface area contributed by atoms with Crippen LogP contribution in [-0.2, 0) is 6.61 Å². The molecular weight excluding hydrogens is 387 g/mol. The third kappa shape index (κ3) is 3.42. The van der Waals surface area contributed by atoms with E-state index in [9.17, 15) is 9.65 Å². The number of rotatable bonds is 5. The van der Waals surface area contributed by atoms with Crippen molar-refractivity contribution in [1.82, 2.24) is 10.2 Å². The van der Waals surface area contributed by atoms with Crippen molar-refractivity contribution in [2.75, 3.05) is 7.11 Å². The zero-order chi connectivity index (χ0) is 21.3. The first-order valence-corrected chi connectivity index (χ1v) is 9.19. The van der Waals surface area contributed by atoms with Gasteiger partial charge in [0.2, 0.25) is 11.8 Å². The van der Waals surface area contributed by atoms with Gasteiger partial charge in [0.05, 0.1) is 13.0 Å². The summed E-state index contributed by atoms with van der Waals surface area (Å²) in [6.07, 6.45) is 0. The van der Waals surface area contributed by atoms with Crippen LogP contribution < -0.4 is 19.9 Å². The number of benzene rings is 2. The lowest BCUT2D eigenvalue weighted by Gasteiger charge is -2.24. The van der Waals surface area contributed by atoms with E-state index < -0.39 is 5.92 Å². The van der Waals surface area contributed by atoms with Gasteiger partial charge in [0, 0.05) is 16.8 Å². The predicted octanol–water partition coefficient (Wildman–Crippen LogP) is 3.66. The van der Waals surface area contributed by atoms with Crippen molar-refractivity contribution in [3.8, 4) is 23.4 Å². The number of nitrogens with zero attached hydrogens (tertiary/aromatic N) is 2. The topological polar surface area (TPSA) is 106 Å². The Balaban J connectivity index is 1.72. The van der Waals surface area contributed by atoms with E-state index in [0.29, 0.717) is 23.0 Å². The largest absolute Gasteiger partial charge is 0.496 e. The van der Waals surface area contributed by atoms with Crippen LogP contribution in [0.2, 0.25) is 0 Å². The summed E-state index contributed by atoms with van der Waals surface area (Å²) in [6.45, 7) is 2.06. The van der Waals surface area contributed by atoms with Crippen molar-refractivity contribution in [3.05, 3.63) is 82.1 Å². The second kappa shape index (κ2) is 7.79. The van der Waals surface area contributed by atoms with E-state index in [-0.39, 0.29) is 18.3 Å². The molecule has 8 heteroatoms. The second-order valence-electron chi connectivity index (χ2n) is 6.81. The van der Waals surface area contributed by atoms with Crippen LogP contribution in [0.25, 0.3) is 0 Å². The molecule has 1 aliphatic heterocycles. The molecule has 3 N–H and O–H groups in total. The summed E-state index contributed by atoms with van der Waals surface area (Å²) in [5, 5.41) is 16.7. The van der Waals surface area contributed by atoms with Gasteiger partial charge >= 0.3 is 0 Å². The van der Waals surface area contributed by atoms with Crippen LogP contribution in [0.5, 0.6) is 17.4 Å². The number of aryl methyl sites for hydroxylation is 1. The molecule has 3 aromatic rings.